The van der Waals surface area contributed by atoms with E-state index in [1.165, 1.54) is 0 Å². The number of rotatable bonds is 0. The normalized spacial score (nSPS) is 8.09. The van der Waals surface area contributed by atoms with Gasteiger partial charge >= 0.3 is 0 Å². The summed E-state index contributed by atoms with van der Waals surface area (Å²) < 4.78 is 0. The van der Waals surface area contributed by atoms with Gasteiger partial charge in [-0.3, -0.25) is 4.79 Å². The van der Waals surface area contributed by atoms with Crippen molar-refractivity contribution in [2.45, 2.75) is 0 Å². The minimum absolute atomic E-state index is 0.377. The first-order valence-electron chi connectivity index (χ1n) is 2.90. The molecule has 2 nitrogen and oxygen atoms in total. The summed E-state index contributed by atoms with van der Waals surface area (Å²) in [5, 5.41) is 0.377. The van der Waals surface area contributed by atoms with Crippen LogP contribution in [0.1, 0.15) is 5.69 Å². The van der Waals surface area contributed by atoms with Crippen LogP contribution in [0.25, 0.3) is 0 Å². The molecule has 0 aromatic carbocycles. The molecular formula is C8H4ClNO. The molecule has 0 saturated heterocycles. The van der Waals surface area contributed by atoms with Crippen molar-refractivity contribution < 1.29 is 4.79 Å². The fourth-order valence-electron chi connectivity index (χ4n) is 0.581. The van der Waals surface area contributed by atoms with Crippen LogP contribution < -0.4 is 0 Å². The van der Waals surface area contributed by atoms with E-state index in [1.54, 1.807) is 18.2 Å². The Labute approximate surface area is 69.2 Å². The van der Waals surface area contributed by atoms with E-state index in [4.69, 9.17) is 11.6 Å². The third-order valence-electron chi connectivity index (χ3n) is 0.974. The van der Waals surface area contributed by atoms with Gasteiger partial charge in [0, 0.05) is 0 Å². The predicted octanol–water partition coefficient (Wildman–Crippen LogP) is 1.29. The highest BCUT2D eigenvalue weighted by Crippen LogP contribution is 2.03. The van der Waals surface area contributed by atoms with Crippen molar-refractivity contribution in [1.29, 1.82) is 0 Å². The zero-order valence-electron chi connectivity index (χ0n) is 5.54. The molecule has 0 aliphatic carbocycles. The van der Waals surface area contributed by atoms with Crippen LogP contribution in [0, 0.1) is 11.8 Å². The van der Waals surface area contributed by atoms with Gasteiger partial charge in [-0.1, -0.05) is 17.7 Å². The molecule has 1 heterocycles. The highest BCUT2D eigenvalue weighted by molar-refractivity contribution is 6.29. The van der Waals surface area contributed by atoms with Gasteiger partial charge in [-0.15, -0.1) is 0 Å². The van der Waals surface area contributed by atoms with Crippen LogP contribution in [0.4, 0.5) is 0 Å². The molecule has 0 fully saturated rings. The Kier molecular flexibility index (Phi) is 2.65. The van der Waals surface area contributed by atoms with Crippen molar-refractivity contribution >= 4 is 17.9 Å². The molecular weight excluding hydrogens is 162 g/mol. The molecule has 0 atom stereocenters. The molecule has 1 aromatic heterocycles. The van der Waals surface area contributed by atoms with Crippen LogP contribution in [0.2, 0.25) is 5.15 Å². The molecule has 1 rings (SSSR count). The molecule has 0 aliphatic rings. The molecule has 0 amide bonds. The lowest BCUT2D eigenvalue weighted by atomic mass is 10.3. The van der Waals surface area contributed by atoms with E-state index >= 15 is 0 Å². The summed E-state index contributed by atoms with van der Waals surface area (Å²) in [4.78, 5) is 13.7. The summed E-state index contributed by atoms with van der Waals surface area (Å²) >= 11 is 5.56. The molecule has 0 aliphatic heterocycles. The first-order valence-corrected chi connectivity index (χ1v) is 3.28. The van der Waals surface area contributed by atoms with E-state index in [-0.39, 0.29) is 0 Å². The number of aldehydes is 1. The summed E-state index contributed by atoms with van der Waals surface area (Å²) in [5.74, 6) is 4.76. The molecule has 1 aromatic rings. The minimum Gasteiger partial charge on any atom is -0.289 e. The van der Waals surface area contributed by atoms with Crippen molar-refractivity contribution in [3.05, 3.63) is 29.0 Å². The SMILES string of the molecule is O=CC#Cc1cccc(Cl)n1. The van der Waals surface area contributed by atoms with Gasteiger partial charge in [-0.05, 0) is 24.0 Å². The molecule has 0 unspecified atom stereocenters. The number of carbonyl (C=O) groups excluding carboxylic acids is 1. The number of hydrogen-bond acceptors (Lipinski definition) is 2. The molecule has 0 spiro atoms. The molecule has 11 heavy (non-hydrogen) atoms. The Morgan fingerprint density at radius 3 is 3.00 bits per heavy atom. The van der Waals surface area contributed by atoms with Gasteiger partial charge in [-0.2, -0.15) is 0 Å². The van der Waals surface area contributed by atoms with E-state index in [9.17, 15) is 4.79 Å². The van der Waals surface area contributed by atoms with Crippen LogP contribution in [-0.4, -0.2) is 11.3 Å². The van der Waals surface area contributed by atoms with Crippen molar-refractivity contribution in [2.75, 3.05) is 0 Å². The Balaban J connectivity index is 2.96. The van der Waals surface area contributed by atoms with Gasteiger partial charge in [0.15, 0.2) is 6.29 Å². The zero-order valence-corrected chi connectivity index (χ0v) is 6.30. The fourth-order valence-corrected chi connectivity index (χ4v) is 0.745. The Morgan fingerprint density at radius 2 is 2.36 bits per heavy atom. The summed E-state index contributed by atoms with van der Waals surface area (Å²) in [7, 11) is 0. The number of nitrogens with zero attached hydrogens (tertiary/aromatic N) is 1. The number of aromatic nitrogens is 1. The van der Waals surface area contributed by atoms with Gasteiger partial charge < -0.3 is 0 Å². The smallest absolute Gasteiger partial charge is 0.193 e. The Bertz CT molecular complexity index is 324. The lowest BCUT2D eigenvalue weighted by Gasteiger charge is -1.88. The minimum atomic E-state index is 0.377. The highest BCUT2D eigenvalue weighted by atomic mass is 35.5. The summed E-state index contributed by atoms with van der Waals surface area (Å²) in [6, 6.07) is 5.06. The second-order valence-corrected chi connectivity index (χ2v) is 2.12. The van der Waals surface area contributed by atoms with E-state index in [2.05, 4.69) is 16.8 Å². The third-order valence-corrected chi connectivity index (χ3v) is 1.18. The highest BCUT2D eigenvalue weighted by Gasteiger charge is 1.88. The Hall–Kier alpha value is -1.33. The topological polar surface area (TPSA) is 30.0 Å². The van der Waals surface area contributed by atoms with Crippen molar-refractivity contribution in [2.24, 2.45) is 0 Å². The molecule has 0 N–H and O–H groups in total. The number of hydrogen-bond donors (Lipinski definition) is 0. The van der Waals surface area contributed by atoms with Gasteiger partial charge in [0.2, 0.25) is 0 Å². The molecule has 3 heteroatoms. The summed E-state index contributed by atoms with van der Waals surface area (Å²) in [6.45, 7) is 0. The van der Waals surface area contributed by atoms with E-state index in [1.807, 2.05) is 0 Å². The Morgan fingerprint density at radius 1 is 1.55 bits per heavy atom. The van der Waals surface area contributed by atoms with Crippen molar-refractivity contribution in [3.8, 4) is 11.8 Å². The van der Waals surface area contributed by atoms with Gasteiger partial charge in [0.1, 0.15) is 10.8 Å². The van der Waals surface area contributed by atoms with Crippen LogP contribution >= 0.6 is 11.6 Å². The van der Waals surface area contributed by atoms with Crippen molar-refractivity contribution in [3.63, 3.8) is 0 Å². The number of carbonyl (C=O) groups is 1. The van der Waals surface area contributed by atoms with E-state index < -0.39 is 0 Å². The van der Waals surface area contributed by atoms with Gasteiger partial charge in [-0.25, -0.2) is 4.98 Å². The lowest BCUT2D eigenvalue weighted by molar-refractivity contribution is -0.103. The largest absolute Gasteiger partial charge is 0.289 e. The summed E-state index contributed by atoms with van der Waals surface area (Å²) in [6.07, 6.45) is 0.516. The zero-order chi connectivity index (χ0) is 8.10. The van der Waals surface area contributed by atoms with Crippen LogP contribution in [0.15, 0.2) is 18.2 Å². The quantitative estimate of drug-likeness (QED) is 0.329. The molecule has 0 bridgehead atoms. The van der Waals surface area contributed by atoms with Crippen LogP contribution in [-0.2, 0) is 4.79 Å². The maximum Gasteiger partial charge on any atom is 0.193 e. The maximum atomic E-state index is 9.83. The first-order chi connectivity index (χ1) is 5.33. The molecule has 0 saturated carbocycles. The van der Waals surface area contributed by atoms with E-state index in [0.29, 0.717) is 17.1 Å². The number of halogens is 1. The average molecular weight is 166 g/mol. The van der Waals surface area contributed by atoms with Crippen LogP contribution in [0.5, 0.6) is 0 Å². The second-order valence-electron chi connectivity index (χ2n) is 1.73. The lowest BCUT2D eigenvalue weighted by Crippen LogP contribution is -1.80. The fraction of sp³-hybridized carbons (Fsp3) is 0. The molecule has 0 radical (unpaired) electrons. The molecule has 54 valence electrons. The third kappa shape index (κ3) is 2.40. The first kappa shape index (κ1) is 7.77. The number of pyridine rings is 1. The average Bonchev–Trinajstić information content (AvgIpc) is 2.01. The standard InChI is InChI=1S/C8H4ClNO/c9-8-5-1-3-7(10-8)4-2-6-11/h1,3,5-6H. The van der Waals surface area contributed by atoms with Gasteiger partial charge in [0.25, 0.3) is 0 Å². The second kappa shape index (κ2) is 3.75. The van der Waals surface area contributed by atoms with E-state index in [0.717, 1.165) is 0 Å². The van der Waals surface area contributed by atoms with Crippen LogP contribution in [0.3, 0.4) is 0 Å². The predicted molar refractivity (Wildman–Crippen MR) is 42.2 cm³/mol. The monoisotopic (exact) mass is 165 g/mol. The van der Waals surface area contributed by atoms with Gasteiger partial charge in [0.05, 0.1) is 0 Å². The van der Waals surface area contributed by atoms with Crippen molar-refractivity contribution in [1.82, 2.24) is 4.98 Å². The summed E-state index contributed by atoms with van der Waals surface area (Å²) in [5.41, 5.74) is 0.504. The maximum absolute atomic E-state index is 9.83.